The minimum absolute atomic E-state index is 0.0444. The molecule has 1 amide bonds. The molecule has 7 nitrogen and oxygen atoms in total. The Morgan fingerprint density at radius 3 is 2.38 bits per heavy atom. The van der Waals surface area contributed by atoms with E-state index in [-0.39, 0.29) is 23.6 Å². The molecule has 0 spiro atoms. The lowest BCUT2D eigenvalue weighted by Crippen LogP contribution is -2.39. The fourth-order valence-electron chi connectivity index (χ4n) is 2.01. The van der Waals surface area contributed by atoms with Crippen LogP contribution in [0, 0.1) is 5.41 Å². The van der Waals surface area contributed by atoms with Crippen LogP contribution in [0.5, 0.6) is 0 Å². The van der Waals surface area contributed by atoms with Crippen LogP contribution in [0.3, 0.4) is 0 Å². The van der Waals surface area contributed by atoms with E-state index in [1.807, 2.05) is 34.6 Å². The first kappa shape index (κ1) is 17.1. The lowest BCUT2D eigenvalue weighted by Gasteiger charge is -2.25. The number of hydrogen-bond donors (Lipinski definition) is 3. The second kappa shape index (κ2) is 6.69. The Hall–Kier alpha value is -1.92. The summed E-state index contributed by atoms with van der Waals surface area (Å²) in [5, 5.41) is 18.2. The summed E-state index contributed by atoms with van der Waals surface area (Å²) >= 11 is 0. The lowest BCUT2D eigenvalue weighted by molar-refractivity contribution is -0.137. The van der Waals surface area contributed by atoms with Crippen molar-refractivity contribution >= 4 is 11.9 Å². The molecule has 0 aliphatic carbocycles. The second-order valence-corrected chi connectivity index (χ2v) is 6.73. The number of rotatable bonds is 6. The standard InChI is InChI=1S/C14H24N4O3/c1-8(2)11-16-12(18-17-11)13(21)15-9(6-10(19)20)7-14(3,4)5/h8-9H,6-7H2,1-5H3,(H,15,21)(H,19,20)(H,16,17,18). The van der Waals surface area contributed by atoms with E-state index in [1.54, 1.807) is 0 Å². The second-order valence-electron chi connectivity index (χ2n) is 6.73. The predicted octanol–water partition coefficient (Wildman–Crippen LogP) is 1.94. The molecule has 0 saturated heterocycles. The highest BCUT2D eigenvalue weighted by atomic mass is 16.4. The number of aliphatic carboxylic acids is 1. The third-order valence-corrected chi connectivity index (χ3v) is 2.87. The van der Waals surface area contributed by atoms with Gasteiger partial charge in [0.2, 0.25) is 5.82 Å². The number of carbonyl (C=O) groups is 2. The zero-order chi connectivity index (χ0) is 16.2. The van der Waals surface area contributed by atoms with Crippen molar-refractivity contribution in [2.75, 3.05) is 0 Å². The molecule has 7 heteroatoms. The first-order chi connectivity index (χ1) is 9.58. The Morgan fingerprint density at radius 2 is 1.95 bits per heavy atom. The lowest BCUT2D eigenvalue weighted by atomic mass is 9.87. The van der Waals surface area contributed by atoms with Gasteiger partial charge in [-0.3, -0.25) is 14.7 Å². The van der Waals surface area contributed by atoms with Crippen molar-refractivity contribution in [3.63, 3.8) is 0 Å². The quantitative estimate of drug-likeness (QED) is 0.743. The Morgan fingerprint density at radius 1 is 1.33 bits per heavy atom. The predicted molar refractivity (Wildman–Crippen MR) is 78.1 cm³/mol. The van der Waals surface area contributed by atoms with E-state index in [4.69, 9.17) is 5.11 Å². The number of carbonyl (C=O) groups excluding carboxylic acids is 1. The van der Waals surface area contributed by atoms with Crippen LogP contribution in [-0.2, 0) is 4.79 Å². The number of carboxylic acid groups (broad SMARTS) is 1. The number of amides is 1. The van der Waals surface area contributed by atoms with Gasteiger partial charge in [0.1, 0.15) is 5.82 Å². The van der Waals surface area contributed by atoms with Gasteiger partial charge in [-0.25, -0.2) is 4.98 Å². The number of aromatic nitrogens is 3. The van der Waals surface area contributed by atoms with E-state index in [2.05, 4.69) is 20.5 Å². The molecule has 118 valence electrons. The van der Waals surface area contributed by atoms with Crippen molar-refractivity contribution in [2.24, 2.45) is 5.41 Å². The van der Waals surface area contributed by atoms with Gasteiger partial charge in [-0.2, -0.15) is 0 Å². The molecule has 21 heavy (non-hydrogen) atoms. The fraction of sp³-hybridized carbons (Fsp3) is 0.714. The van der Waals surface area contributed by atoms with Gasteiger partial charge >= 0.3 is 5.97 Å². The van der Waals surface area contributed by atoms with Crippen molar-refractivity contribution in [3.05, 3.63) is 11.6 Å². The summed E-state index contributed by atoms with van der Waals surface area (Å²) in [4.78, 5) is 27.1. The van der Waals surface area contributed by atoms with Crippen molar-refractivity contribution in [3.8, 4) is 0 Å². The van der Waals surface area contributed by atoms with Gasteiger partial charge in [0.15, 0.2) is 0 Å². The Kier molecular flexibility index (Phi) is 5.46. The molecular weight excluding hydrogens is 272 g/mol. The number of H-pyrrole nitrogens is 1. The fourth-order valence-corrected chi connectivity index (χ4v) is 2.01. The third-order valence-electron chi connectivity index (χ3n) is 2.87. The third kappa shape index (κ3) is 5.93. The number of nitrogens with one attached hydrogen (secondary N) is 2. The van der Waals surface area contributed by atoms with E-state index in [1.165, 1.54) is 0 Å². The SMILES string of the molecule is CC(C)c1nc(C(=O)NC(CC(=O)O)CC(C)(C)C)n[nH]1. The van der Waals surface area contributed by atoms with Crippen LogP contribution in [0.4, 0.5) is 0 Å². The smallest absolute Gasteiger partial charge is 0.305 e. The summed E-state index contributed by atoms with van der Waals surface area (Å²) in [6, 6.07) is -0.448. The largest absolute Gasteiger partial charge is 0.481 e. The Labute approximate surface area is 124 Å². The zero-order valence-electron chi connectivity index (χ0n) is 13.2. The summed E-state index contributed by atoms with van der Waals surface area (Å²) in [5.41, 5.74) is -0.0878. The average Bonchev–Trinajstić information content (AvgIpc) is 2.74. The van der Waals surface area contributed by atoms with Crippen molar-refractivity contribution in [2.45, 2.75) is 59.4 Å². The van der Waals surface area contributed by atoms with Gasteiger partial charge in [-0.15, -0.1) is 5.10 Å². The van der Waals surface area contributed by atoms with E-state index < -0.39 is 17.9 Å². The number of carboxylic acids is 1. The summed E-state index contributed by atoms with van der Waals surface area (Å²) in [5.74, 6) is -0.576. The van der Waals surface area contributed by atoms with Crippen LogP contribution < -0.4 is 5.32 Å². The summed E-state index contributed by atoms with van der Waals surface area (Å²) in [7, 11) is 0. The Bertz CT molecular complexity index is 503. The molecule has 3 N–H and O–H groups in total. The molecular formula is C14H24N4O3. The van der Waals surface area contributed by atoms with Gasteiger partial charge in [0, 0.05) is 12.0 Å². The normalized spacial score (nSPS) is 13.2. The molecule has 0 bridgehead atoms. The van der Waals surface area contributed by atoms with Gasteiger partial charge in [0.05, 0.1) is 6.42 Å². The molecule has 1 rings (SSSR count). The van der Waals surface area contributed by atoms with Crippen molar-refractivity contribution in [1.29, 1.82) is 0 Å². The van der Waals surface area contributed by atoms with Crippen LogP contribution in [0.15, 0.2) is 0 Å². The van der Waals surface area contributed by atoms with Gasteiger partial charge in [-0.1, -0.05) is 34.6 Å². The zero-order valence-corrected chi connectivity index (χ0v) is 13.2. The maximum atomic E-state index is 12.1. The van der Waals surface area contributed by atoms with Crippen LogP contribution in [0.25, 0.3) is 0 Å². The highest BCUT2D eigenvalue weighted by Gasteiger charge is 2.24. The van der Waals surface area contributed by atoms with E-state index in [0.717, 1.165) is 0 Å². The average molecular weight is 296 g/mol. The molecule has 1 aromatic heterocycles. The van der Waals surface area contributed by atoms with Crippen LogP contribution in [-0.4, -0.2) is 38.2 Å². The molecule has 0 aromatic carbocycles. The maximum absolute atomic E-state index is 12.1. The van der Waals surface area contributed by atoms with Gasteiger partial charge in [0.25, 0.3) is 5.91 Å². The minimum atomic E-state index is -0.942. The summed E-state index contributed by atoms with van der Waals surface area (Å²) in [6.45, 7) is 9.87. The monoisotopic (exact) mass is 296 g/mol. The number of aromatic amines is 1. The van der Waals surface area contributed by atoms with E-state index in [0.29, 0.717) is 12.2 Å². The van der Waals surface area contributed by atoms with Crippen LogP contribution >= 0.6 is 0 Å². The maximum Gasteiger partial charge on any atom is 0.305 e. The van der Waals surface area contributed by atoms with Crippen LogP contribution in [0.1, 0.15) is 69.8 Å². The molecule has 0 aliphatic heterocycles. The molecule has 0 radical (unpaired) electrons. The molecule has 1 aromatic rings. The molecule has 1 unspecified atom stereocenters. The highest BCUT2D eigenvalue weighted by molar-refractivity contribution is 5.90. The summed E-state index contributed by atoms with van der Waals surface area (Å²) < 4.78 is 0. The Balaban J connectivity index is 2.76. The highest BCUT2D eigenvalue weighted by Crippen LogP contribution is 2.22. The van der Waals surface area contributed by atoms with Crippen molar-refractivity contribution < 1.29 is 14.7 Å². The first-order valence-electron chi connectivity index (χ1n) is 7.03. The molecule has 1 atom stereocenters. The van der Waals surface area contributed by atoms with E-state index >= 15 is 0 Å². The number of hydrogen-bond acceptors (Lipinski definition) is 4. The van der Waals surface area contributed by atoms with Gasteiger partial charge < -0.3 is 10.4 Å². The molecule has 1 heterocycles. The first-order valence-corrected chi connectivity index (χ1v) is 7.03. The van der Waals surface area contributed by atoms with Crippen LogP contribution in [0.2, 0.25) is 0 Å². The molecule has 0 aliphatic rings. The van der Waals surface area contributed by atoms with Gasteiger partial charge in [-0.05, 0) is 11.8 Å². The topological polar surface area (TPSA) is 108 Å². The molecule has 0 saturated carbocycles. The number of nitrogens with zero attached hydrogens (tertiary/aromatic N) is 2. The molecule has 0 fully saturated rings. The minimum Gasteiger partial charge on any atom is -0.481 e. The van der Waals surface area contributed by atoms with Crippen molar-refractivity contribution in [1.82, 2.24) is 20.5 Å². The summed E-state index contributed by atoms with van der Waals surface area (Å²) in [6.07, 6.45) is 0.441. The van der Waals surface area contributed by atoms with E-state index in [9.17, 15) is 9.59 Å².